The molecule has 0 bridgehead atoms. The van der Waals surface area contributed by atoms with E-state index in [2.05, 4.69) is 10.5 Å². The van der Waals surface area contributed by atoms with Gasteiger partial charge >= 0.3 is 0 Å². The topological polar surface area (TPSA) is 78.8 Å². The van der Waals surface area contributed by atoms with Crippen LogP contribution in [0.2, 0.25) is 0 Å². The molecule has 7 heteroatoms. The van der Waals surface area contributed by atoms with Crippen molar-refractivity contribution >= 4 is 21.6 Å². The molecule has 1 amide bonds. The number of benzene rings is 2. The molecule has 6 nitrogen and oxygen atoms in total. The van der Waals surface area contributed by atoms with Crippen LogP contribution < -0.4 is 5.43 Å². The highest BCUT2D eigenvalue weighted by Gasteiger charge is 2.22. The van der Waals surface area contributed by atoms with Gasteiger partial charge in [-0.2, -0.15) is 9.41 Å². The Morgan fingerprint density at radius 3 is 2.31 bits per heavy atom. The number of hydrazone groups is 1. The van der Waals surface area contributed by atoms with Crippen molar-refractivity contribution in [2.45, 2.75) is 25.7 Å². The maximum atomic E-state index is 12.5. The number of rotatable bonds is 6. The standard InChI is InChI=1S/C19H23N3O3S/c1-14-9-11-17(12-10-14)26(24,25)22(4)13-19(23)21-20-16(3)18-8-6-5-7-15(18)2/h5-12H,13H2,1-4H3,(H,21,23)/b20-16-. The van der Waals surface area contributed by atoms with E-state index < -0.39 is 15.9 Å². The van der Waals surface area contributed by atoms with Gasteiger partial charge in [0.1, 0.15) is 0 Å². The van der Waals surface area contributed by atoms with Crippen LogP contribution in [0.25, 0.3) is 0 Å². The highest BCUT2D eigenvalue weighted by molar-refractivity contribution is 7.89. The van der Waals surface area contributed by atoms with Crippen molar-refractivity contribution in [3.05, 3.63) is 65.2 Å². The maximum Gasteiger partial charge on any atom is 0.255 e. The number of nitrogens with zero attached hydrogens (tertiary/aromatic N) is 2. The third kappa shape index (κ3) is 4.77. The van der Waals surface area contributed by atoms with Gasteiger partial charge in [-0.3, -0.25) is 4.79 Å². The first kappa shape index (κ1) is 19.8. The second-order valence-electron chi connectivity index (χ2n) is 6.12. The summed E-state index contributed by atoms with van der Waals surface area (Å²) in [5.74, 6) is -0.504. The van der Waals surface area contributed by atoms with Gasteiger partial charge in [0, 0.05) is 12.6 Å². The van der Waals surface area contributed by atoms with Crippen LogP contribution in [0.3, 0.4) is 0 Å². The Hall–Kier alpha value is -2.51. The quantitative estimate of drug-likeness (QED) is 0.624. The molecule has 0 fully saturated rings. The Bertz CT molecular complexity index is 919. The third-order valence-corrected chi connectivity index (χ3v) is 5.80. The van der Waals surface area contributed by atoms with E-state index in [4.69, 9.17) is 0 Å². The second kappa shape index (κ2) is 8.25. The molecule has 0 aliphatic carbocycles. The van der Waals surface area contributed by atoms with Crippen LogP contribution >= 0.6 is 0 Å². The SMILES string of the molecule is C/C(=N/NC(=O)CN(C)S(=O)(=O)c1ccc(C)cc1)c1ccccc1C. The lowest BCUT2D eigenvalue weighted by Crippen LogP contribution is -2.36. The van der Waals surface area contributed by atoms with Crippen LogP contribution in [0.5, 0.6) is 0 Å². The van der Waals surface area contributed by atoms with Crippen LogP contribution in [0, 0.1) is 13.8 Å². The summed E-state index contributed by atoms with van der Waals surface area (Å²) in [6, 6.07) is 14.2. The molecule has 2 rings (SSSR count). The third-order valence-electron chi connectivity index (χ3n) is 3.98. The summed E-state index contributed by atoms with van der Waals surface area (Å²) in [6.45, 7) is 5.30. The van der Waals surface area contributed by atoms with Crippen LogP contribution in [-0.4, -0.2) is 37.9 Å². The molecule has 0 aliphatic heterocycles. The lowest BCUT2D eigenvalue weighted by Gasteiger charge is -2.16. The van der Waals surface area contributed by atoms with Crippen molar-refractivity contribution in [2.75, 3.05) is 13.6 Å². The van der Waals surface area contributed by atoms with E-state index in [0.717, 1.165) is 21.0 Å². The fourth-order valence-electron chi connectivity index (χ4n) is 2.40. The Labute approximate surface area is 154 Å². The molecule has 0 radical (unpaired) electrons. The molecule has 1 N–H and O–H groups in total. The zero-order chi connectivity index (χ0) is 19.3. The van der Waals surface area contributed by atoms with Crippen molar-refractivity contribution < 1.29 is 13.2 Å². The lowest BCUT2D eigenvalue weighted by atomic mass is 10.1. The van der Waals surface area contributed by atoms with Crippen molar-refractivity contribution in [3.8, 4) is 0 Å². The summed E-state index contributed by atoms with van der Waals surface area (Å²) < 4.78 is 26.0. The van der Waals surface area contributed by atoms with Gasteiger partial charge in [0.15, 0.2) is 0 Å². The van der Waals surface area contributed by atoms with Crippen LogP contribution in [0.15, 0.2) is 58.5 Å². The van der Waals surface area contributed by atoms with E-state index in [1.54, 1.807) is 19.1 Å². The summed E-state index contributed by atoms with van der Waals surface area (Å²) in [6.07, 6.45) is 0. The number of nitrogens with one attached hydrogen (secondary N) is 1. The Morgan fingerprint density at radius 2 is 1.69 bits per heavy atom. The number of hydrogen-bond donors (Lipinski definition) is 1. The van der Waals surface area contributed by atoms with Gasteiger partial charge in [-0.15, -0.1) is 0 Å². The molecule has 0 aliphatic rings. The molecule has 2 aromatic carbocycles. The summed E-state index contributed by atoms with van der Waals surface area (Å²) in [5, 5.41) is 4.07. The fraction of sp³-hybridized carbons (Fsp3) is 0.263. The Balaban J connectivity index is 2.04. The average molecular weight is 373 g/mol. The highest BCUT2D eigenvalue weighted by atomic mass is 32.2. The predicted molar refractivity (Wildman–Crippen MR) is 103 cm³/mol. The number of likely N-dealkylation sites (N-methyl/N-ethyl adjacent to an activating group) is 1. The van der Waals surface area contributed by atoms with Gasteiger partial charge in [-0.25, -0.2) is 13.8 Å². The smallest absolute Gasteiger partial charge is 0.255 e. The minimum absolute atomic E-state index is 0.151. The number of carbonyl (C=O) groups excluding carboxylic acids is 1. The van der Waals surface area contributed by atoms with Gasteiger partial charge in [-0.1, -0.05) is 42.0 Å². The zero-order valence-electron chi connectivity index (χ0n) is 15.4. The van der Waals surface area contributed by atoms with Crippen LogP contribution in [0.1, 0.15) is 23.6 Å². The number of aryl methyl sites for hydroxylation is 2. The normalized spacial score (nSPS) is 12.3. The largest absolute Gasteiger partial charge is 0.272 e. The number of hydrogen-bond acceptors (Lipinski definition) is 4. The minimum atomic E-state index is -3.72. The second-order valence-corrected chi connectivity index (χ2v) is 8.17. The Morgan fingerprint density at radius 1 is 1.08 bits per heavy atom. The molecule has 0 unspecified atom stereocenters. The maximum absolute atomic E-state index is 12.5. The van der Waals surface area contributed by atoms with E-state index in [1.165, 1.54) is 19.2 Å². The lowest BCUT2D eigenvalue weighted by molar-refractivity contribution is -0.121. The number of sulfonamides is 1. The summed E-state index contributed by atoms with van der Waals surface area (Å²) >= 11 is 0. The van der Waals surface area contributed by atoms with Gasteiger partial charge in [0.05, 0.1) is 17.2 Å². The van der Waals surface area contributed by atoms with Gasteiger partial charge in [-0.05, 0) is 38.5 Å². The summed E-state index contributed by atoms with van der Waals surface area (Å²) in [4.78, 5) is 12.2. The molecule has 2 aromatic rings. The predicted octanol–water partition coefficient (Wildman–Crippen LogP) is 2.46. The van der Waals surface area contributed by atoms with Crippen molar-refractivity contribution in [1.82, 2.24) is 9.73 Å². The van der Waals surface area contributed by atoms with Gasteiger partial charge in [0.2, 0.25) is 10.0 Å². The fourth-order valence-corrected chi connectivity index (χ4v) is 3.53. The van der Waals surface area contributed by atoms with E-state index >= 15 is 0 Å². The first-order valence-corrected chi connectivity index (χ1v) is 9.58. The van der Waals surface area contributed by atoms with E-state index in [9.17, 15) is 13.2 Å². The average Bonchev–Trinajstić information content (AvgIpc) is 2.60. The molecule has 0 heterocycles. The summed E-state index contributed by atoms with van der Waals surface area (Å²) in [5.41, 5.74) is 6.00. The van der Waals surface area contributed by atoms with Gasteiger partial charge < -0.3 is 0 Å². The number of amides is 1. The monoisotopic (exact) mass is 373 g/mol. The molecular formula is C19H23N3O3S. The van der Waals surface area contributed by atoms with Crippen molar-refractivity contribution in [3.63, 3.8) is 0 Å². The van der Waals surface area contributed by atoms with E-state index in [-0.39, 0.29) is 11.4 Å². The molecular weight excluding hydrogens is 350 g/mol. The molecule has 26 heavy (non-hydrogen) atoms. The Kier molecular flexibility index (Phi) is 6.28. The molecule has 138 valence electrons. The highest BCUT2D eigenvalue weighted by Crippen LogP contribution is 2.14. The van der Waals surface area contributed by atoms with Crippen molar-refractivity contribution in [2.24, 2.45) is 5.10 Å². The van der Waals surface area contributed by atoms with E-state index in [0.29, 0.717) is 5.71 Å². The first-order chi connectivity index (χ1) is 12.2. The molecule has 0 saturated carbocycles. The van der Waals surface area contributed by atoms with Gasteiger partial charge in [0.25, 0.3) is 5.91 Å². The van der Waals surface area contributed by atoms with Crippen LogP contribution in [-0.2, 0) is 14.8 Å². The molecule has 0 spiro atoms. The molecule has 0 atom stereocenters. The minimum Gasteiger partial charge on any atom is -0.272 e. The van der Waals surface area contributed by atoms with E-state index in [1.807, 2.05) is 38.1 Å². The first-order valence-electron chi connectivity index (χ1n) is 8.14. The number of carbonyl (C=O) groups is 1. The van der Waals surface area contributed by atoms with Crippen molar-refractivity contribution in [1.29, 1.82) is 0 Å². The molecule has 0 aromatic heterocycles. The summed E-state index contributed by atoms with van der Waals surface area (Å²) in [7, 11) is -2.36. The zero-order valence-corrected chi connectivity index (χ0v) is 16.2. The van der Waals surface area contributed by atoms with Crippen LogP contribution in [0.4, 0.5) is 0 Å². The molecule has 0 saturated heterocycles.